The van der Waals surface area contributed by atoms with E-state index in [0.29, 0.717) is 0 Å². The van der Waals surface area contributed by atoms with Crippen molar-refractivity contribution in [2.75, 3.05) is 0 Å². The fraction of sp³-hybridized carbons (Fsp3) is 0. The van der Waals surface area contributed by atoms with Gasteiger partial charge in [-0.25, -0.2) is 0 Å². The maximum absolute atomic E-state index is 2.35. The van der Waals surface area contributed by atoms with E-state index in [1.54, 1.807) is 0 Å². The summed E-state index contributed by atoms with van der Waals surface area (Å²) in [7, 11) is 0. The molecule has 0 atom stereocenters. The Kier molecular flexibility index (Phi) is 11.1. The minimum Gasteiger partial charge on any atom is -0.0616 e. The first-order chi connectivity index (χ1) is 32.7. The van der Waals surface area contributed by atoms with Gasteiger partial charge in [0, 0.05) is 0 Å². The van der Waals surface area contributed by atoms with E-state index in [1.807, 2.05) is 0 Å². The topological polar surface area (TPSA) is 0 Å². The smallest absolute Gasteiger partial charge is 0.00932 e. The molecule has 0 aliphatic heterocycles. The van der Waals surface area contributed by atoms with Gasteiger partial charge in [-0.15, -0.1) is 0 Å². The average Bonchev–Trinajstić information content (AvgIpc) is 3.64. The van der Waals surface area contributed by atoms with E-state index in [0.717, 1.165) is 11.1 Å². The van der Waals surface area contributed by atoms with E-state index in [4.69, 9.17) is 0 Å². The van der Waals surface area contributed by atoms with Gasteiger partial charge in [-0.1, -0.05) is 267 Å². The first-order valence-electron chi connectivity index (χ1n) is 22.7. The predicted molar refractivity (Wildman–Crippen MR) is 286 cm³/mol. The number of rotatable bonds is 8. The van der Waals surface area contributed by atoms with Gasteiger partial charge in [0.05, 0.1) is 0 Å². The lowest BCUT2D eigenvalue weighted by molar-refractivity contribution is 1.53. The summed E-state index contributed by atoms with van der Waals surface area (Å²) in [5.74, 6) is 0. The van der Waals surface area contributed by atoms with Gasteiger partial charge in [0.2, 0.25) is 0 Å². The molecule has 0 aromatic heterocycles. The highest BCUT2D eigenvalue weighted by Crippen LogP contribution is 2.38. The molecular formula is C66H46. The van der Waals surface area contributed by atoms with Crippen molar-refractivity contribution in [3.63, 3.8) is 0 Å². The molecule has 0 saturated heterocycles. The third-order valence-corrected chi connectivity index (χ3v) is 12.8. The van der Waals surface area contributed by atoms with E-state index in [1.165, 1.54) is 100 Å². The molecule has 310 valence electrons. The molecular weight excluding hydrogens is 793 g/mol. The average molecular weight is 839 g/mol. The van der Waals surface area contributed by atoms with Crippen LogP contribution in [-0.4, -0.2) is 0 Å². The molecule has 9 aromatic carbocycles. The van der Waals surface area contributed by atoms with Crippen molar-refractivity contribution < 1.29 is 0 Å². The molecule has 0 heteroatoms. The number of hydrogen-bond acceptors (Lipinski definition) is 0. The third kappa shape index (κ3) is 8.44. The molecule has 0 nitrogen and oxygen atoms in total. The fourth-order valence-electron chi connectivity index (χ4n) is 9.21. The minimum atomic E-state index is 1.16. The second-order valence-corrected chi connectivity index (χ2v) is 16.9. The van der Waals surface area contributed by atoms with Crippen molar-refractivity contribution in [2.45, 2.75) is 0 Å². The summed E-state index contributed by atoms with van der Waals surface area (Å²) < 4.78 is 0. The molecule has 0 N–H and O–H groups in total. The summed E-state index contributed by atoms with van der Waals surface area (Å²) in [6.45, 7) is 0. The molecule has 2 aliphatic carbocycles. The van der Waals surface area contributed by atoms with Crippen LogP contribution >= 0.6 is 0 Å². The van der Waals surface area contributed by atoms with Gasteiger partial charge < -0.3 is 0 Å². The molecule has 0 amide bonds. The van der Waals surface area contributed by atoms with E-state index in [9.17, 15) is 0 Å². The highest BCUT2D eigenvalue weighted by atomic mass is 14.2. The van der Waals surface area contributed by atoms with Gasteiger partial charge in [0.1, 0.15) is 0 Å². The van der Waals surface area contributed by atoms with Crippen LogP contribution in [0.3, 0.4) is 0 Å². The summed E-state index contributed by atoms with van der Waals surface area (Å²) >= 11 is 0. The van der Waals surface area contributed by atoms with Crippen molar-refractivity contribution in [3.05, 3.63) is 296 Å². The third-order valence-electron chi connectivity index (χ3n) is 12.8. The maximum Gasteiger partial charge on any atom is -0.00932 e. The Bertz CT molecular complexity index is 3080. The first-order valence-corrected chi connectivity index (χ1v) is 22.7. The van der Waals surface area contributed by atoms with Crippen molar-refractivity contribution in [1.82, 2.24) is 0 Å². The fourth-order valence-corrected chi connectivity index (χ4v) is 9.21. The van der Waals surface area contributed by atoms with Crippen LogP contribution in [0.2, 0.25) is 0 Å². The van der Waals surface area contributed by atoms with Crippen LogP contribution in [0.1, 0.15) is 77.9 Å². The van der Waals surface area contributed by atoms with Crippen LogP contribution in [0.25, 0.3) is 94.2 Å². The summed E-state index contributed by atoms with van der Waals surface area (Å²) in [4.78, 5) is 0. The molecule has 0 saturated carbocycles. The normalized spacial score (nSPS) is 12.5. The summed E-state index contributed by atoms with van der Waals surface area (Å²) in [5, 5.41) is 0. The van der Waals surface area contributed by atoms with Crippen LogP contribution in [0.15, 0.2) is 218 Å². The summed E-state index contributed by atoms with van der Waals surface area (Å²) in [6, 6.07) is 78.6. The summed E-state index contributed by atoms with van der Waals surface area (Å²) in [6.07, 6.45) is 22.5. The lowest BCUT2D eigenvalue weighted by atomic mass is 9.91. The van der Waals surface area contributed by atoms with Crippen LogP contribution in [0.5, 0.6) is 0 Å². The van der Waals surface area contributed by atoms with Crippen LogP contribution < -0.4 is 0 Å². The van der Waals surface area contributed by atoms with Gasteiger partial charge in [-0.3, -0.25) is 0 Å². The number of fused-ring (bicyclic) bond motifs is 4. The molecule has 2 aliphatic rings. The monoisotopic (exact) mass is 838 g/mol. The van der Waals surface area contributed by atoms with E-state index >= 15 is 0 Å². The molecule has 0 heterocycles. The minimum absolute atomic E-state index is 1.16. The first kappa shape index (κ1) is 40.2. The Morgan fingerprint density at radius 2 is 0.470 bits per heavy atom. The predicted octanol–water partition coefficient (Wildman–Crippen LogP) is 17.5. The zero-order valence-corrected chi connectivity index (χ0v) is 36.6. The Morgan fingerprint density at radius 3 is 0.788 bits per heavy atom. The molecule has 11 rings (SSSR count). The standard InChI is InChI=1S/C66H46/c1-3-19-59(45-65-61-21-9-5-15-55(61)41-42-56-16-6-10-22-62(56)65)49(13-1)31-25-47-27-33-51(34-28-47)53-37-39-54(40-38-53)52-35-29-48(30-36-52)26-32-50-14-2-4-20-60(50)46-66-63-23-11-7-17-57(63)43-44-58-18-8-12-24-64(58)66/h1-46H. The molecule has 0 spiro atoms. The molecule has 0 unspecified atom stereocenters. The van der Waals surface area contributed by atoms with Gasteiger partial charge in [-0.2, -0.15) is 0 Å². The van der Waals surface area contributed by atoms with E-state index in [2.05, 4.69) is 279 Å². The molecule has 66 heavy (non-hydrogen) atoms. The lowest BCUT2D eigenvalue weighted by Gasteiger charge is -2.13. The molecule has 9 aromatic rings. The summed E-state index contributed by atoms with van der Waals surface area (Å²) in [5.41, 5.74) is 24.2. The molecule has 0 bridgehead atoms. The molecule has 0 fully saturated rings. The Labute approximate surface area is 388 Å². The Balaban J connectivity index is 0.781. The van der Waals surface area contributed by atoms with Gasteiger partial charge in [0.15, 0.2) is 0 Å². The van der Waals surface area contributed by atoms with E-state index in [-0.39, 0.29) is 0 Å². The van der Waals surface area contributed by atoms with Crippen LogP contribution in [-0.2, 0) is 0 Å². The second-order valence-electron chi connectivity index (χ2n) is 16.9. The van der Waals surface area contributed by atoms with Gasteiger partial charge >= 0.3 is 0 Å². The van der Waals surface area contributed by atoms with Crippen molar-refractivity contribution in [2.24, 2.45) is 0 Å². The van der Waals surface area contributed by atoms with Crippen molar-refractivity contribution in [3.8, 4) is 22.3 Å². The second kappa shape index (κ2) is 18.3. The Hall–Kier alpha value is -8.58. The van der Waals surface area contributed by atoms with Gasteiger partial charge in [-0.05, 0) is 123 Å². The quantitative estimate of drug-likeness (QED) is 0.134. The van der Waals surface area contributed by atoms with Crippen LogP contribution in [0.4, 0.5) is 0 Å². The van der Waals surface area contributed by atoms with E-state index < -0.39 is 0 Å². The zero-order chi connectivity index (χ0) is 44.1. The largest absolute Gasteiger partial charge is 0.0616 e. The maximum atomic E-state index is 2.35. The lowest BCUT2D eigenvalue weighted by Crippen LogP contribution is -1.93. The SMILES string of the molecule is C(=Cc1ccccc1C=C1c2ccccc2C=Cc2ccccc21)c1ccc(-c2ccc(-c3ccc(C=Cc4ccccc4C=C4c5ccccc5C=Cc5ccccc54)cc3)cc2)cc1. The Morgan fingerprint density at radius 1 is 0.212 bits per heavy atom. The van der Waals surface area contributed by atoms with Gasteiger partial charge in [0.25, 0.3) is 0 Å². The van der Waals surface area contributed by atoms with Crippen LogP contribution in [0, 0.1) is 0 Å². The van der Waals surface area contributed by atoms with Crippen molar-refractivity contribution in [1.29, 1.82) is 0 Å². The highest BCUT2D eigenvalue weighted by molar-refractivity contribution is 6.02. The highest BCUT2D eigenvalue weighted by Gasteiger charge is 2.17. The van der Waals surface area contributed by atoms with Crippen molar-refractivity contribution >= 4 is 71.9 Å². The number of hydrogen-bond donors (Lipinski definition) is 0. The zero-order valence-electron chi connectivity index (χ0n) is 36.6. The molecule has 0 radical (unpaired) electrons. The number of benzene rings is 9.